The normalized spacial score (nSPS) is 15.2. The van der Waals surface area contributed by atoms with Gasteiger partial charge in [0.05, 0.1) is 11.6 Å². The van der Waals surface area contributed by atoms with Crippen molar-refractivity contribution in [3.05, 3.63) is 106 Å². The fourth-order valence-corrected chi connectivity index (χ4v) is 4.41. The molecule has 0 atom stereocenters. The zero-order valence-electron chi connectivity index (χ0n) is 18.9. The Kier molecular flexibility index (Phi) is 6.33. The van der Waals surface area contributed by atoms with Crippen LogP contribution in [-0.2, 0) is 17.9 Å². The smallest absolute Gasteiger partial charge is 0.273 e. The van der Waals surface area contributed by atoms with Gasteiger partial charge in [0.15, 0.2) is 0 Å². The summed E-state index contributed by atoms with van der Waals surface area (Å²) >= 11 is 5.90. The molecule has 5 rings (SSSR count). The third kappa shape index (κ3) is 4.81. The Balaban J connectivity index is 1.37. The van der Waals surface area contributed by atoms with E-state index in [1.807, 2.05) is 48.6 Å². The highest BCUT2D eigenvalue weighted by Crippen LogP contribution is 2.28. The largest absolute Gasteiger partial charge is 0.331 e. The van der Waals surface area contributed by atoms with E-state index in [-0.39, 0.29) is 30.0 Å². The lowest BCUT2D eigenvalue weighted by molar-refractivity contribution is -0.119. The van der Waals surface area contributed by atoms with Crippen LogP contribution in [0.2, 0.25) is 5.02 Å². The minimum Gasteiger partial charge on any atom is -0.331 e. The van der Waals surface area contributed by atoms with Crippen LogP contribution in [0.25, 0.3) is 0 Å². The van der Waals surface area contributed by atoms with Crippen LogP contribution in [-0.4, -0.2) is 52.1 Å². The van der Waals surface area contributed by atoms with Gasteiger partial charge in [-0.3, -0.25) is 14.4 Å². The predicted molar refractivity (Wildman–Crippen MR) is 133 cm³/mol. The standard InChI is InChI=1S/C27H23ClN4O3/c28-22-11-12-23(29-15-22)27(35)31-17-21-5-1-2-6-24(21)32(25(33)18-31)16-19-7-9-20(10-8-19)26(34)30-13-3-4-14-30/h1-12,15H,13-14,16-18H2. The van der Waals surface area contributed by atoms with Crippen LogP contribution >= 0.6 is 11.6 Å². The second-order valence-electron chi connectivity index (χ2n) is 8.51. The molecule has 176 valence electrons. The van der Waals surface area contributed by atoms with E-state index in [1.165, 1.54) is 11.1 Å². The van der Waals surface area contributed by atoms with Crippen LogP contribution in [0.3, 0.4) is 0 Å². The third-order valence-corrected chi connectivity index (χ3v) is 6.38. The molecular weight excluding hydrogens is 464 g/mol. The number of para-hydroxylation sites is 1. The Morgan fingerprint density at radius 3 is 2.31 bits per heavy atom. The molecule has 2 aromatic carbocycles. The molecule has 35 heavy (non-hydrogen) atoms. The number of benzene rings is 2. The third-order valence-electron chi connectivity index (χ3n) is 6.15. The van der Waals surface area contributed by atoms with Crippen LogP contribution in [0.4, 0.5) is 5.69 Å². The van der Waals surface area contributed by atoms with Gasteiger partial charge >= 0.3 is 0 Å². The number of fused-ring (bicyclic) bond motifs is 1. The molecule has 0 bridgehead atoms. The second kappa shape index (κ2) is 9.72. The van der Waals surface area contributed by atoms with E-state index >= 15 is 0 Å². The lowest BCUT2D eigenvalue weighted by Gasteiger charge is -2.23. The highest BCUT2D eigenvalue weighted by atomic mass is 35.5. The average Bonchev–Trinajstić information content (AvgIpc) is 3.38. The monoisotopic (exact) mass is 486 g/mol. The number of carbonyl (C=O) groups is 3. The quantitative estimate of drug-likeness (QED) is 0.524. The molecule has 3 amide bonds. The van der Waals surface area contributed by atoms with Gasteiger partial charge in [-0.2, -0.15) is 0 Å². The molecule has 0 aliphatic carbocycles. The van der Waals surface area contributed by atoms with Crippen molar-refractivity contribution in [1.82, 2.24) is 14.8 Å². The summed E-state index contributed by atoms with van der Waals surface area (Å²) in [5, 5.41) is 0.440. The Hall–Kier alpha value is -3.97. The summed E-state index contributed by atoms with van der Waals surface area (Å²) in [7, 11) is 0. The van der Waals surface area contributed by atoms with Gasteiger partial charge in [-0.1, -0.05) is 54.1 Å². The second-order valence-corrected chi connectivity index (χ2v) is 8.95. The van der Waals surface area contributed by atoms with Crippen molar-refractivity contribution in [2.24, 2.45) is 0 Å². The molecule has 0 fully saturated rings. The number of carbonyl (C=O) groups excluding carboxylic acids is 3. The molecule has 0 saturated carbocycles. The molecule has 8 heteroatoms. The van der Waals surface area contributed by atoms with Gasteiger partial charge in [0.2, 0.25) is 5.91 Å². The maximum absolute atomic E-state index is 13.4. The van der Waals surface area contributed by atoms with Crippen molar-refractivity contribution >= 4 is 35.0 Å². The Morgan fingerprint density at radius 2 is 1.60 bits per heavy atom. The summed E-state index contributed by atoms with van der Waals surface area (Å²) in [6.45, 7) is 1.80. The topological polar surface area (TPSA) is 73.8 Å². The number of nitrogens with zero attached hydrogens (tertiary/aromatic N) is 4. The Morgan fingerprint density at radius 1 is 0.857 bits per heavy atom. The highest BCUT2D eigenvalue weighted by molar-refractivity contribution is 6.30. The molecule has 0 radical (unpaired) electrons. The first-order chi connectivity index (χ1) is 17.0. The lowest BCUT2D eigenvalue weighted by atomic mass is 10.1. The molecule has 3 heterocycles. The van der Waals surface area contributed by atoms with E-state index in [9.17, 15) is 14.4 Å². The summed E-state index contributed by atoms with van der Waals surface area (Å²) in [6.07, 6.45) is 5.38. The van der Waals surface area contributed by atoms with Crippen molar-refractivity contribution in [3.63, 3.8) is 0 Å². The molecule has 1 aromatic heterocycles. The molecule has 7 nitrogen and oxygen atoms in total. The number of hydrogen-bond acceptors (Lipinski definition) is 4. The van der Waals surface area contributed by atoms with E-state index < -0.39 is 0 Å². The van der Waals surface area contributed by atoms with Gasteiger partial charge < -0.3 is 14.7 Å². The Bertz CT molecular complexity index is 1300. The summed E-state index contributed by atoms with van der Waals surface area (Å²) < 4.78 is 0. The summed E-state index contributed by atoms with van der Waals surface area (Å²) in [4.78, 5) is 48.2. The zero-order chi connectivity index (χ0) is 24.4. The van der Waals surface area contributed by atoms with E-state index in [2.05, 4.69) is 4.98 Å². The fourth-order valence-electron chi connectivity index (χ4n) is 4.30. The Labute approximate surface area is 208 Å². The highest BCUT2D eigenvalue weighted by Gasteiger charge is 2.30. The van der Waals surface area contributed by atoms with Crippen molar-refractivity contribution < 1.29 is 14.4 Å². The first-order valence-electron chi connectivity index (χ1n) is 11.3. The first-order valence-corrected chi connectivity index (χ1v) is 11.7. The van der Waals surface area contributed by atoms with Crippen molar-refractivity contribution in [1.29, 1.82) is 0 Å². The molecule has 0 saturated heterocycles. The fraction of sp³-hybridized carbons (Fsp3) is 0.185. The summed E-state index contributed by atoms with van der Waals surface area (Å²) in [6, 6.07) is 18.1. The number of hydrogen-bond donors (Lipinski definition) is 0. The number of aromatic nitrogens is 1. The van der Waals surface area contributed by atoms with Gasteiger partial charge in [0, 0.05) is 37.1 Å². The van der Waals surface area contributed by atoms with Crippen LogP contribution < -0.4 is 4.90 Å². The van der Waals surface area contributed by atoms with Crippen LogP contribution in [0.5, 0.6) is 0 Å². The minimum atomic E-state index is -0.328. The van der Waals surface area contributed by atoms with Crippen LogP contribution in [0.15, 0.2) is 79.0 Å². The van der Waals surface area contributed by atoms with Crippen LogP contribution in [0.1, 0.15) is 32.0 Å². The summed E-state index contributed by atoms with van der Waals surface area (Å²) in [5.41, 5.74) is 3.38. The van der Waals surface area contributed by atoms with E-state index in [1.54, 1.807) is 34.1 Å². The van der Waals surface area contributed by atoms with E-state index in [0.29, 0.717) is 36.8 Å². The zero-order valence-corrected chi connectivity index (χ0v) is 19.7. The van der Waals surface area contributed by atoms with Gasteiger partial charge in [-0.05, 0) is 41.5 Å². The maximum atomic E-state index is 13.4. The van der Waals surface area contributed by atoms with E-state index in [0.717, 1.165) is 16.8 Å². The molecule has 3 aromatic rings. The van der Waals surface area contributed by atoms with Gasteiger partial charge in [0.25, 0.3) is 11.8 Å². The van der Waals surface area contributed by atoms with Crippen molar-refractivity contribution in [2.75, 3.05) is 24.5 Å². The SMILES string of the molecule is O=C(c1ccc(CN2C(=O)CN(C(=O)c3ccc(Cl)cn3)Cc3ccccc32)cc1)N1CC=CC1. The number of halogens is 1. The first kappa shape index (κ1) is 22.8. The van der Waals surface area contributed by atoms with E-state index in [4.69, 9.17) is 11.6 Å². The molecule has 2 aliphatic rings. The van der Waals surface area contributed by atoms with Crippen molar-refractivity contribution in [2.45, 2.75) is 13.1 Å². The number of pyridine rings is 1. The van der Waals surface area contributed by atoms with Gasteiger partial charge in [-0.15, -0.1) is 0 Å². The average molecular weight is 487 g/mol. The molecule has 2 aliphatic heterocycles. The van der Waals surface area contributed by atoms with Crippen molar-refractivity contribution in [3.8, 4) is 0 Å². The minimum absolute atomic E-state index is 0.0114. The summed E-state index contributed by atoms with van der Waals surface area (Å²) in [5.74, 6) is -0.533. The van der Waals surface area contributed by atoms with Gasteiger partial charge in [-0.25, -0.2) is 4.98 Å². The maximum Gasteiger partial charge on any atom is 0.273 e. The number of amides is 3. The molecular formula is C27H23ClN4O3. The van der Waals surface area contributed by atoms with Crippen LogP contribution in [0, 0.1) is 0 Å². The number of rotatable bonds is 4. The molecule has 0 N–H and O–H groups in total. The molecule has 0 spiro atoms. The van der Waals surface area contributed by atoms with Gasteiger partial charge in [0.1, 0.15) is 12.2 Å². The molecule has 0 unspecified atom stereocenters. The number of anilines is 1. The lowest BCUT2D eigenvalue weighted by Crippen LogP contribution is -2.40. The predicted octanol–water partition coefficient (Wildman–Crippen LogP) is 3.94.